The summed E-state index contributed by atoms with van der Waals surface area (Å²) in [4.78, 5) is 20.8. The van der Waals surface area contributed by atoms with Crippen LogP contribution in [0.2, 0.25) is 0 Å². The molecule has 3 aromatic carbocycles. The predicted molar refractivity (Wildman–Crippen MR) is 108 cm³/mol. The third-order valence-corrected chi connectivity index (χ3v) is 4.64. The molecular weight excluding hydrogens is 334 g/mol. The third kappa shape index (κ3) is 3.90. The van der Waals surface area contributed by atoms with Gasteiger partial charge in [-0.3, -0.25) is 4.79 Å². The highest BCUT2D eigenvalue weighted by Gasteiger charge is 2.20. The number of para-hydroxylation sites is 2. The van der Waals surface area contributed by atoms with Gasteiger partial charge in [0, 0.05) is 5.56 Å². The van der Waals surface area contributed by atoms with E-state index in [1.165, 1.54) is 0 Å². The molecule has 0 saturated carbocycles. The summed E-state index contributed by atoms with van der Waals surface area (Å²) in [5.74, 6) is 0.664. The first-order valence-electron chi connectivity index (χ1n) is 9.05. The Balaban J connectivity index is 1.64. The zero-order valence-corrected chi connectivity index (χ0v) is 15.1. The van der Waals surface area contributed by atoms with Crippen LogP contribution in [0.1, 0.15) is 33.4 Å². The van der Waals surface area contributed by atoms with Gasteiger partial charge in [-0.15, -0.1) is 0 Å². The van der Waals surface area contributed by atoms with Gasteiger partial charge in [0.1, 0.15) is 5.82 Å². The van der Waals surface area contributed by atoms with Gasteiger partial charge in [0.25, 0.3) is 5.91 Å². The van der Waals surface area contributed by atoms with Crippen LogP contribution in [-0.4, -0.2) is 15.9 Å². The summed E-state index contributed by atoms with van der Waals surface area (Å²) in [6.07, 6.45) is 0.665. The number of aromatic nitrogens is 2. The van der Waals surface area contributed by atoms with Gasteiger partial charge in [-0.05, 0) is 43.2 Å². The second-order valence-electron chi connectivity index (χ2n) is 6.72. The Kier molecular flexibility index (Phi) is 4.71. The molecular formula is C23H21N3O. The van der Waals surface area contributed by atoms with Crippen molar-refractivity contribution in [1.29, 1.82) is 0 Å². The van der Waals surface area contributed by atoms with Gasteiger partial charge >= 0.3 is 0 Å². The maximum Gasteiger partial charge on any atom is 0.251 e. The van der Waals surface area contributed by atoms with Gasteiger partial charge in [0.2, 0.25) is 0 Å². The molecule has 1 unspecified atom stereocenters. The lowest BCUT2D eigenvalue weighted by Gasteiger charge is -2.17. The summed E-state index contributed by atoms with van der Waals surface area (Å²) in [6, 6.07) is 25.4. The molecule has 1 aromatic heterocycles. The molecule has 4 heteroatoms. The lowest BCUT2D eigenvalue weighted by atomic mass is 10.0. The van der Waals surface area contributed by atoms with Gasteiger partial charge in [-0.1, -0.05) is 60.2 Å². The van der Waals surface area contributed by atoms with Gasteiger partial charge in [-0.2, -0.15) is 0 Å². The molecule has 1 amide bonds. The Labute approximate surface area is 158 Å². The van der Waals surface area contributed by atoms with Crippen molar-refractivity contribution in [3.05, 3.63) is 101 Å². The SMILES string of the molecule is Cc1ccc(C(=O)NC(Cc2ccccc2)c2nc3ccccc3[nH]2)cc1. The fourth-order valence-electron chi connectivity index (χ4n) is 3.15. The average Bonchev–Trinajstić information content (AvgIpc) is 3.13. The number of fused-ring (bicyclic) bond motifs is 1. The standard InChI is InChI=1S/C23H21N3O/c1-16-11-13-18(14-12-16)23(27)26-21(15-17-7-3-2-4-8-17)22-24-19-9-5-6-10-20(19)25-22/h2-14,21H,15H2,1H3,(H,24,25)(H,26,27). The Morgan fingerprint density at radius 1 is 0.963 bits per heavy atom. The Morgan fingerprint density at radius 3 is 2.41 bits per heavy atom. The molecule has 0 bridgehead atoms. The molecule has 1 heterocycles. The number of H-pyrrole nitrogens is 1. The van der Waals surface area contributed by atoms with Gasteiger partial charge < -0.3 is 10.3 Å². The fourth-order valence-corrected chi connectivity index (χ4v) is 3.15. The summed E-state index contributed by atoms with van der Waals surface area (Å²) in [5.41, 5.74) is 4.79. The minimum absolute atomic E-state index is 0.101. The number of carbonyl (C=O) groups is 1. The number of imidazole rings is 1. The van der Waals surface area contributed by atoms with Crippen LogP contribution >= 0.6 is 0 Å². The Morgan fingerprint density at radius 2 is 1.67 bits per heavy atom. The van der Waals surface area contributed by atoms with Gasteiger partial charge in [0.15, 0.2) is 0 Å². The van der Waals surface area contributed by atoms with Crippen molar-refractivity contribution >= 4 is 16.9 Å². The van der Waals surface area contributed by atoms with Crippen LogP contribution in [0.25, 0.3) is 11.0 Å². The van der Waals surface area contributed by atoms with E-state index in [-0.39, 0.29) is 11.9 Å². The Hall–Kier alpha value is -3.40. The zero-order valence-electron chi connectivity index (χ0n) is 15.1. The van der Waals surface area contributed by atoms with Crippen molar-refractivity contribution in [2.45, 2.75) is 19.4 Å². The Bertz CT molecular complexity index is 1020. The van der Waals surface area contributed by atoms with Crippen LogP contribution in [0, 0.1) is 6.92 Å². The molecule has 4 nitrogen and oxygen atoms in total. The highest BCUT2D eigenvalue weighted by molar-refractivity contribution is 5.94. The van der Waals surface area contributed by atoms with E-state index >= 15 is 0 Å². The van der Waals surface area contributed by atoms with Crippen LogP contribution in [0.4, 0.5) is 0 Å². The van der Waals surface area contributed by atoms with Gasteiger partial charge in [-0.25, -0.2) is 4.98 Å². The maximum atomic E-state index is 12.8. The number of rotatable bonds is 5. The number of nitrogens with zero attached hydrogens (tertiary/aromatic N) is 1. The van der Waals surface area contributed by atoms with E-state index in [4.69, 9.17) is 4.98 Å². The number of amides is 1. The van der Waals surface area contributed by atoms with Crippen molar-refractivity contribution in [3.63, 3.8) is 0 Å². The maximum absolute atomic E-state index is 12.8. The largest absolute Gasteiger partial charge is 0.342 e. The number of aromatic amines is 1. The lowest BCUT2D eigenvalue weighted by molar-refractivity contribution is 0.0935. The molecule has 0 radical (unpaired) electrons. The quantitative estimate of drug-likeness (QED) is 0.550. The zero-order chi connectivity index (χ0) is 18.6. The number of benzene rings is 3. The third-order valence-electron chi connectivity index (χ3n) is 4.64. The molecule has 1 atom stereocenters. The first-order chi connectivity index (χ1) is 13.2. The number of hydrogen-bond acceptors (Lipinski definition) is 2. The number of nitrogens with one attached hydrogen (secondary N) is 2. The summed E-state index contributed by atoms with van der Waals surface area (Å²) in [6.45, 7) is 2.01. The number of hydrogen-bond donors (Lipinski definition) is 2. The lowest BCUT2D eigenvalue weighted by Crippen LogP contribution is -2.30. The van der Waals surface area contributed by atoms with E-state index in [9.17, 15) is 4.79 Å². The van der Waals surface area contributed by atoms with Crippen LogP contribution in [0.3, 0.4) is 0 Å². The predicted octanol–water partition coefficient (Wildman–Crippen LogP) is 4.59. The molecule has 134 valence electrons. The minimum atomic E-state index is -0.242. The highest BCUT2D eigenvalue weighted by atomic mass is 16.1. The highest BCUT2D eigenvalue weighted by Crippen LogP contribution is 2.20. The summed E-state index contributed by atoms with van der Waals surface area (Å²) in [7, 11) is 0. The van der Waals surface area contributed by atoms with Crippen LogP contribution in [0.5, 0.6) is 0 Å². The van der Waals surface area contributed by atoms with E-state index in [1.54, 1.807) is 0 Å². The van der Waals surface area contributed by atoms with Crippen molar-refractivity contribution in [1.82, 2.24) is 15.3 Å². The normalized spacial score (nSPS) is 12.0. The first kappa shape index (κ1) is 17.0. The first-order valence-corrected chi connectivity index (χ1v) is 9.05. The second-order valence-corrected chi connectivity index (χ2v) is 6.72. The van der Waals surface area contributed by atoms with Crippen LogP contribution < -0.4 is 5.32 Å². The van der Waals surface area contributed by atoms with Crippen molar-refractivity contribution in [3.8, 4) is 0 Å². The summed E-state index contributed by atoms with van der Waals surface area (Å²) >= 11 is 0. The molecule has 0 aliphatic carbocycles. The summed E-state index contributed by atoms with van der Waals surface area (Å²) in [5, 5.41) is 3.15. The van der Waals surface area contributed by atoms with E-state index in [0.717, 1.165) is 28.0 Å². The van der Waals surface area contributed by atoms with E-state index < -0.39 is 0 Å². The molecule has 4 aromatic rings. The smallest absolute Gasteiger partial charge is 0.251 e. The van der Waals surface area contributed by atoms with Crippen LogP contribution in [0.15, 0.2) is 78.9 Å². The molecule has 0 aliphatic heterocycles. The molecule has 2 N–H and O–H groups in total. The van der Waals surface area contributed by atoms with E-state index in [0.29, 0.717) is 12.0 Å². The average molecular weight is 355 g/mol. The molecule has 0 saturated heterocycles. The molecule has 0 fully saturated rings. The fraction of sp³-hybridized carbons (Fsp3) is 0.130. The van der Waals surface area contributed by atoms with Crippen molar-refractivity contribution in [2.75, 3.05) is 0 Å². The van der Waals surface area contributed by atoms with Gasteiger partial charge in [0.05, 0.1) is 17.1 Å². The number of carbonyl (C=O) groups excluding carboxylic acids is 1. The molecule has 27 heavy (non-hydrogen) atoms. The van der Waals surface area contributed by atoms with E-state index in [2.05, 4.69) is 22.4 Å². The van der Waals surface area contributed by atoms with Crippen LogP contribution in [-0.2, 0) is 6.42 Å². The molecule has 4 rings (SSSR count). The monoisotopic (exact) mass is 355 g/mol. The van der Waals surface area contributed by atoms with E-state index in [1.807, 2.05) is 73.7 Å². The number of aryl methyl sites for hydroxylation is 1. The molecule has 0 spiro atoms. The molecule has 0 aliphatic rings. The second kappa shape index (κ2) is 7.46. The topological polar surface area (TPSA) is 57.8 Å². The van der Waals surface area contributed by atoms with Crippen molar-refractivity contribution < 1.29 is 4.79 Å². The van der Waals surface area contributed by atoms with Crippen molar-refractivity contribution in [2.24, 2.45) is 0 Å². The summed E-state index contributed by atoms with van der Waals surface area (Å²) < 4.78 is 0. The minimum Gasteiger partial charge on any atom is -0.342 e.